The Balaban J connectivity index is 1.91. The number of anilines is 1. The average Bonchev–Trinajstić information content (AvgIpc) is 3.34. The summed E-state index contributed by atoms with van der Waals surface area (Å²) in [5.41, 5.74) is -1.21. The fourth-order valence-corrected chi connectivity index (χ4v) is 6.47. The number of carbonyl (C=O) groups is 3. The number of ketones is 1. The molecule has 3 aliphatic rings. The van der Waals surface area contributed by atoms with Crippen LogP contribution in [0, 0.1) is 30.6 Å². The highest BCUT2D eigenvalue weighted by atomic mass is 16.7. The molecule has 7 N–H and O–H groups in total. The number of aliphatic hydroxyl groups is 3. The Hall–Kier alpha value is -4.43. The Morgan fingerprint density at radius 3 is 2.10 bits per heavy atom. The number of hydrogen-bond donors (Lipinski definition) is 7. The summed E-state index contributed by atoms with van der Waals surface area (Å²) in [6, 6.07) is 0. The van der Waals surface area contributed by atoms with Crippen molar-refractivity contribution in [1.29, 1.82) is 0 Å². The molecule has 0 unspecified atom stereocenters. The lowest BCUT2D eigenvalue weighted by Gasteiger charge is -2.36. The number of Topliss-reactive ketones (excluding diaryl/α,β-unsaturated/α-hetero) is 1. The first-order valence-electron chi connectivity index (χ1n) is 16.0. The van der Waals surface area contributed by atoms with Gasteiger partial charge in [-0.3, -0.25) is 14.4 Å². The Morgan fingerprint density at radius 2 is 1.49 bits per heavy atom. The molecule has 266 valence electrons. The van der Waals surface area contributed by atoms with Gasteiger partial charge in [0.15, 0.2) is 12.0 Å². The molecule has 1 amide bonds. The highest BCUT2D eigenvalue weighted by Gasteiger charge is 2.49. The molecule has 13 heteroatoms. The SMILES string of the molecule is CO[C@H]1/C=C/O[C@@]2(C)Oc3c(C)c(O)c4c(O)c(c(C=O)c(O)c4c3C2=O)NC(=O)/C(C)=C\C=C\[C@@H](C)[C@H](O)[C@@H](C)[C@H](O)[C@@H](C)[C@H](O)[C@@H]1C. The number of allylic oxidation sites excluding steroid dienone is 2. The number of phenolic OH excluding ortho intramolecular Hbond substituents is 3. The zero-order valence-electron chi connectivity index (χ0n) is 28.7. The highest BCUT2D eigenvalue weighted by Crippen LogP contribution is 2.55. The quantitative estimate of drug-likeness (QED) is 0.136. The second-order valence-electron chi connectivity index (χ2n) is 13.2. The van der Waals surface area contributed by atoms with Crippen LogP contribution in [0.3, 0.4) is 0 Å². The van der Waals surface area contributed by atoms with Crippen molar-refractivity contribution in [2.24, 2.45) is 23.7 Å². The highest BCUT2D eigenvalue weighted by molar-refractivity contribution is 6.23. The summed E-state index contributed by atoms with van der Waals surface area (Å²) in [5, 5.41) is 68.9. The third-order valence-electron chi connectivity index (χ3n) is 9.89. The third kappa shape index (κ3) is 6.51. The minimum Gasteiger partial charge on any atom is -0.507 e. The van der Waals surface area contributed by atoms with Crippen LogP contribution in [0.5, 0.6) is 23.0 Å². The number of rotatable bonds is 2. The van der Waals surface area contributed by atoms with Crippen LogP contribution in [0.4, 0.5) is 5.69 Å². The fourth-order valence-electron chi connectivity index (χ4n) is 6.47. The van der Waals surface area contributed by atoms with E-state index >= 15 is 0 Å². The predicted molar refractivity (Wildman–Crippen MR) is 180 cm³/mol. The van der Waals surface area contributed by atoms with Gasteiger partial charge in [0.25, 0.3) is 11.7 Å². The fraction of sp³-hybridized carbons (Fsp3) is 0.472. The van der Waals surface area contributed by atoms with Crippen LogP contribution in [0.15, 0.2) is 36.1 Å². The van der Waals surface area contributed by atoms with Crippen molar-refractivity contribution in [1.82, 2.24) is 0 Å². The number of benzene rings is 2. The molecule has 0 saturated carbocycles. The van der Waals surface area contributed by atoms with Crippen LogP contribution in [-0.4, -0.2) is 85.9 Å². The lowest BCUT2D eigenvalue weighted by molar-refractivity contribution is -0.112. The molecule has 0 radical (unpaired) electrons. The second-order valence-corrected chi connectivity index (χ2v) is 13.2. The molecule has 0 spiro atoms. The van der Waals surface area contributed by atoms with Gasteiger partial charge in [-0.1, -0.05) is 45.9 Å². The largest absolute Gasteiger partial charge is 0.507 e. The van der Waals surface area contributed by atoms with Crippen LogP contribution in [-0.2, 0) is 14.3 Å². The average molecular weight is 684 g/mol. The molecule has 2 aromatic rings. The van der Waals surface area contributed by atoms with E-state index in [2.05, 4.69) is 5.32 Å². The summed E-state index contributed by atoms with van der Waals surface area (Å²) < 4.78 is 17.3. The number of ether oxygens (including phenoxy) is 3. The Labute approximate surface area is 284 Å². The number of nitrogens with one attached hydrogen (secondary N) is 1. The minimum atomic E-state index is -2.05. The molecule has 0 aliphatic carbocycles. The van der Waals surface area contributed by atoms with Gasteiger partial charge >= 0.3 is 5.79 Å². The van der Waals surface area contributed by atoms with E-state index in [-0.39, 0.29) is 34.1 Å². The van der Waals surface area contributed by atoms with Gasteiger partial charge in [-0.15, -0.1) is 0 Å². The molecule has 49 heavy (non-hydrogen) atoms. The van der Waals surface area contributed by atoms with Crippen molar-refractivity contribution in [2.75, 3.05) is 12.4 Å². The van der Waals surface area contributed by atoms with E-state index in [9.17, 15) is 45.0 Å². The first-order chi connectivity index (χ1) is 22.9. The topological polar surface area (TPSA) is 212 Å². The van der Waals surface area contributed by atoms with Crippen molar-refractivity contribution in [3.63, 3.8) is 0 Å². The zero-order chi connectivity index (χ0) is 36.7. The molecule has 0 saturated heterocycles. The number of fused-ring (bicyclic) bond motifs is 14. The molecule has 9 atom stereocenters. The molecule has 5 bridgehead atoms. The number of aldehydes is 1. The van der Waals surface area contributed by atoms with E-state index < -0.39 is 99.5 Å². The molecule has 5 rings (SSSR count). The van der Waals surface area contributed by atoms with Crippen molar-refractivity contribution >= 4 is 34.4 Å². The van der Waals surface area contributed by atoms with E-state index in [4.69, 9.17) is 14.2 Å². The van der Waals surface area contributed by atoms with Gasteiger partial charge in [-0.05, 0) is 19.9 Å². The summed E-state index contributed by atoms with van der Waals surface area (Å²) in [7, 11) is 1.41. The van der Waals surface area contributed by atoms with E-state index in [1.54, 1.807) is 33.8 Å². The monoisotopic (exact) mass is 683 g/mol. The third-order valence-corrected chi connectivity index (χ3v) is 9.89. The van der Waals surface area contributed by atoms with Crippen LogP contribution >= 0.6 is 0 Å². The predicted octanol–water partition coefficient (Wildman–Crippen LogP) is 4.00. The Bertz CT molecular complexity index is 1750. The van der Waals surface area contributed by atoms with E-state index in [1.807, 2.05) is 0 Å². The van der Waals surface area contributed by atoms with Gasteiger partial charge in [0.05, 0.1) is 52.9 Å². The summed E-state index contributed by atoms with van der Waals surface area (Å²) in [6.07, 6.45) is 3.34. The van der Waals surface area contributed by atoms with Gasteiger partial charge < -0.3 is 50.2 Å². The van der Waals surface area contributed by atoms with Crippen molar-refractivity contribution in [3.8, 4) is 23.0 Å². The molecule has 0 aromatic heterocycles. The summed E-state index contributed by atoms with van der Waals surface area (Å²) in [6.45, 7) is 10.9. The molecular weight excluding hydrogens is 638 g/mol. The number of amides is 1. The maximum Gasteiger partial charge on any atom is 0.312 e. The summed E-state index contributed by atoms with van der Waals surface area (Å²) in [4.78, 5) is 39.4. The summed E-state index contributed by atoms with van der Waals surface area (Å²) in [5.74, 6) is -8.42. The normalized spacial score (nSPS) is 33.7. The van der Waals surface area contributed by atoms with Crippen LogP contribution in [0.1, 0.15) is 67.8 Å². The van der Waals surface area contributed by atoms with E-state index in [0.717, 1.165) is 6.26 Å². The number of carbonyl (C=O) groups excluding carboxylic acids is 3. The number of aromatic hydroxyl groups is 3. The van der Waals surface area contributed by atoms with Crippen LogP contribution < -0.4 is 10.1 Å². The van der Waals surface area contributed by atoms with Crippen molar-refractivity contribution in [2.45, 2.75) is 78.7 Å². The van der Waals surface area contributed by atoms with Gasteiger partial charge in [0.1, 0.15) is 17.2 Å². The first kappa shape index (κ1) is 37.4. The van der Waals surface area contributed by atoms with Crippen molar-refractivity contribution in [3.05, 3.63) is 52.8 Å². The van der Waals surface area contributed by atoms with Crippen LogP contribution in [0.25, 0.3) is 10.8 Å². The molecule has 3 aliphatic heterocycles. The lowest BCUT2D eigenvalue weighted by atomic mass is 9.78. The van der Waals surface area contributed by atoms with Crippen molar-refractivity contribution < 1.29 is 59.2 Å². The number of phenols is 3. The minimum absolute atomic E-state index is 0.00862. The maximum absolute atomic E-state index is 13.9. The molecule has 2 aromatic carbocycles. The smallest absolute Gasteiger partial charge is 0.312 e. The first-order valence-corrected chi connectivity index (χ1v) is 16.0. The molecular formula is C36H45NO12. The molecule has 3 heterocycles. The van der Waals surface area contributed by atoms with Gasteiger partial charge in [-0.2, -0.15) is 0 Å². The van der Waals surface area contributed by atoms with Gasteiger partial charge in [0, 0.05) is 54.2 Å². The summed E-state index contributed by atoms with van der Waals surface area (Å²) >= 11 is 0. The maximum atomic E-state index is 13.9. The van der Waals surface area contributed by atoms with Gasteiger partial charge in [0.2, 0.25) is 0 Å². The number of aliphatic hydroxyl groups excluding tert-OH is 3. The standard InChI is InChI=1S/C36H45NO12/c1-15-10-9-11-16(2)35(46)37-26-21(14-38)31(43)23-24(32(26)44)30(42)20(6)33-25(23)34(45)36(7,49-33)48-13-12-22(47-8)17(3)28(40)19(5)29(41)18(4)27(15)39/h9-15,17-19,22,27-29,39-44H,1-8H3,(H,37,46)/b10-9+,13-12+,16-11-/t15-,17-,18-,19+,22+,27+,28-,29+,36+/m1/s1. The number of methoxy groups -OCH3 is 1. The zero-order valence-corrected chi connectivity index (χ0v) is 28.7. The van der Waals surface area contributed by atoms with Gasteiger partial charge in [-0.25, -0.2) is 0 Å². The molecule has 13 nitrogen and oxygen atoms in total. The Kier molecular flexibility index (Phi) is 10.8. The second kappa shape index (κ2) is 14.2. The lowest BCUT2D eigenvalue weighted by Crippen LogP contribution is -2.44. The Morgan fingerprint density at radius 1 is 0.878 bits per heavy atom. The van der Waals surface area contributed by atoms with E-state index in [1.165, 1.54) is 46.1 Å². The number of hydrogen-bond acceptors (Lipinski definition) is 12. The van der Waals surface area contributed by atoms with Crippen LogP contribution in [0.2, 0.25) is 0 Å². The molecule has 0 fully saturated rings. The van der Waals surface area contributed by atoms with E-state index in [0.29, 0.717) is 0 Å².